The molecule has 18 heavy (non-hydrogen) atoms. The monoisotopic (exact) mass is 276 g/mol. The van der Waals surface area contributed by atoms with Crippen molar-refractivity contribution >= 4 is 17.6 Å². The first kappa shape index (κ1) is 12.9. The summed E-state index contributed by atoms with van der Waals surface area (Å²) >= 11 is 5.89. The second-order valence-corrected chi connectivity index (χ2v) is 4.12. The molecule has 1 aliphatic rings. The number of alkyl halides is 1. The summed E-state index contributed by atoms with van der Waals surface area (Å²) in [5, 5.41) is 18.2. The van der Waals surface area contributed by atoms with E-state index in [-0.39, 0.29) is 16.3 Å². The molecule has 7 heteroatoms. The Morgan fingerprint density at radius 2 is 2.06 bits per heavy atom. The Labute approximate surface area is 107 Å². The minimum Gasteiger partial charge on any atom is -0.486 e. The number of carboxylic acids is 1. The van der Waals surface area contributed by atoms with Gasteiger partial charge in [0.25, 0.3) is 0 Å². The van der Waals surface area contributed by atoms with E-state index in [9.17, 15) is 14.3 Å². The third kappa shape index (κ3) is 2.34. The number of aliphatic hydroxyl groups is 1. The van der Waals surface area contributed by atoms with Gasteiger partial charge in [0.15, 0.2) is 11.5 Å². The Bertz CT molecular complexity index is 479. The molecule has 5 nitrogen and oxygen atoms in total. The molecule has 0 aromatic heterocycles. The van der Waals surface area contributed by atoms with Gasteiger partial charge in [0, 0.05) is 0 Å². The molecule has 1 aromatic rings. The van der Waals surface area contributed by atoms with Gasteiger partial charge in [-0.3, -0.25) is 0 Å². The maximum absolute atomic E-state index is 13.2. The number of aliphatic carboxylic acids is 1. The molecule has 2 atom stereocenters. The van der Waals surface area contributed by atoms with E-state index in [1.807, 2.05) is 0 Å². The molecule has 2 unspecified atom stereocenters. The van der Waals surface area contributed by atoms with Crippen LogP contribution in [-0.2, 0) is 4.79 Å². The number of rotatable bonds is 3. The van der Waals surface area contributed by atoms with E-state index in [0.29, 0.717) is 19.0 Å². The third-order valence-electron chi connectivity index (χ3n) is 2.47. The Morgan fingerprint density at radius 3 is 2.72 bits per heavy atom. The van der Waals surface area contributed by atoms with Crippen LogP contribution in [0.5, 0.6) is 11.5 Å². The van der Waals surface area contributed by atoms with Crippen molar-refractivity contribution in [3.05, 3.63) is 22.7 Å². The van der Waals surface area contributed by atoms with Gasteiger partial charge in [0.2, 0.25) is 6.17 Å². The molecule has 0 radical (unpaired) electrons. The summed E-state index contributed by atoms with van der Waals surface area (Å²) in [5.74, 6) is -1.17. The van der Waals surface area contributed by atoms with E-state index in [1.165, 1.54) is 12.1 Å². The molecule has 0 amide bonds. The Balaban J connectivity index is 2.35. The first-order chi connectivity index (χ1) is 8.50. The van der Waals surface area contributed by atoms with Crippen molar-refractivity contribution in [2.45, 2.75) is 12.3 Å². The molecule has 0 spiro atoms. The summed E-state index contributed by atoms with van der Waals surface area (Å²) in [6, 6.07) is 2.58. The highest BCUT2D eigenvalue weighted by Crippen LogP contribution is 2.40. The number of halogens is 2. The number of benzene rings is 1. The molecule has 1 aliphatic heterocycles. The number of carbonyl (C=O) groups is 1. The first-order valence-corrected chi connectivity index (χ1v) is 5.52. The topological polar surface area (TPSA) is 76.0 Å². The van der Waals surface area contributed by atoms with Gasteiger partial charge in [-0.25, -0.2) is 9.18 Å². The van der Waals surface area contributed by atoms with Gasteiger partial charge in [-0.2, -0.15) is 0 Å². The first-order valence-electron chi connectivity index (χ1n) is 5.14. The van der Waals surface area contributed by atoms with E-state index in [4.69, 9.17) is 26.2 Å². The standard InChI is InChI=1S/C11H10ClFO5/c12-6-3-5(9(14)8(13)11(15)16)4-7-10(6)18-2-1-17-7/h3-4,8-9,14H,1-2H2,(H,15,16). The van der Waals surface area contributed by atoms with Crippen molar-refractivity contribution in [1.29, 1.82) is 0 Å². The molecule has 0 saturated heterocycles. The maximum atomic E-state index is 13.2. The SMILES string of the molecule is O=C(O)C(F)C(O)c1cc(Cl)c2c(c1)OCCO2. The number of aliphatic hydroxyl groups excluding tert-OH is 1. The maximum Gasteiger partial charge on any atom is 0.341 e. The second-order valence-electron chi connectivity index (χ2n) is 3.71. The van der Waals surface area contributed by atoms with E-state index in [2.05, 4.69) is 0 Å². The van der Waals surface area contributed by atoms with E-state index in [0.717, 1.165) is 0 Å². The van der Waals surface area contributed by atoms with E-state index >= 15 is 0 Å². The predicted octanol–water partition coefficient (Wildman–Crippen LogP) is 1.57. The fourth-order valence-corrected chi connectivity index (χ4v) is 1.88. The molecule has 1 heterocycles. The molecule has 0 aliphatic carbocycles. The van der Waals surface area contributed by atoms with Crippen molar-refractivity contribution in [2.75, 3.05) is 13.2 Å². The van der Waals surface area contributed by atoms with Gasteiger partial charge in [-0.1, -0.05) is 11.6 Å². The summed E-state index contributed by atoms with van der Waals surface area (Å²) in [4.78, 5) is 10.5. The zero-order valence-corrected chi connectivity index (χ0v) is 9.85. The van der Waals surface area contributed by atoms with Gasteiger partial charge in [-0.05, 0) is 17.7 Å². The quantitative estimate of drug-likeness (QED) is 0.876. The number of carboxylic acid groups (broad SMARTS) is 1. The smallest absolute Gasteiger partial charge is 0.341 e. The molecular weight excluding hydrogens is 267 g/mol. The minimum atomic E-state index is -2.43. The molecule has 0 fully saturated rings. The van der Waals surface area contributed by atoms with Crippen LogP contribution in [-0.4, -0.2) is 35.6 Å². The lowest BCUT2D eigenvalue weighted by atomic mass is 10.0. The second kappa shape index (κ2) is 4.99. The fourth-order valence-electron chi connectivity index (χ4n) is 1.61. The van der Waals surface area contributed by atoms with Gasteiger partial charge in [0.1, 0.15) is 19.3 Å². The van der Waals surface area contributed by atoms with E-state index < -0.39 is 18.2 Å². The molecule has 1 aromatic carbocycles. The lowest BCUT2D eigenvalue weighted by molar-refractivity contribution is -0.147. The van der Waals surface area contributed by atoms with Crippen LogP contribution in [0.4, 0.5) is 4.39 Å². The highest BCUT2D eigenvalue weighted by Gasteiger charge is 2.29. The molecule has 2 N–H and O–H groups in total. The van der Waals surface area contributed by atoms with Crippen LogP contribution in [0.25, 0.3) is 0 Å². The number of ether oxygens (including phenoxy) is 2. The van der Waals surface area contributed by atoms with Crippen LogP contribution < -0.4 is 9.47 Å². The van der Waals surface area contributed by atoms with Gasteiger partial charge < -0.3 is 19.7 Å². The normalized spacial score (nSPS) is 17.1. The molecule has 0 bridgehead atoms. The average Bonchev–Trinajstić information content (AvgIpc) is 2.36. The highest BCUT2D eigenvalue weighted by atomic mass is 35.5. The van der Waals surface area contributed by atoms with Crippen LogP contribution in [0.1, 0.15) is 11.7 Å². The molecule has 0 saturated carbocycles. The fraction of sp³-hybridized carbons (Fsp3) is 0.364. The molecule has 2 rings (SSSR count). The lowest BCUT2D eigenvalue weighted by Crippen LogP contribution is -2.23. The summed E-state index contributed by atoms with van der Waals surface area (Å²) in [7, 11) is 0. The van der Waals surface area contributed by atoms with Crippen LogP contribution in [0.3, 0.4) is 0 Å². The summed E-state index contributed by atoms with van der Waals surface area (Å²) < 4.78 is 23.7. The van der Waals surface area contributed by atoms with Gasteiger partial charge >= 0.3 is 5.97 Å². The summed E-state index contributed by atoms with van der Waals surface area (Å²) in [6.45, 7) is 0.649. The zero-order chi connectivity index (χ0) is 13.3. The predicted molar refractivity (Wildman–Crippen MR) is 59.9 cm³/mol. The summed E-state index contributed by atoms with van der Waals surface area (Å²) in [6.07, 6.45) is -4.24. The Hall–Kier alpha value is -1.53. The lowest BCUT2D eigenvalue weighted by Gasteiger charge is -2.21. The van der Waals surface area contributed by atoms with Gasteiger partial charge in [0.05, 0.1) is 5.02 Å². The Morgan fingerprint density at radius 1 is 1.39 bits per heavy atom. The average molecular weight is 277 g/mol. The molecular formula is C11H10ClFO5. The number of hydrogen-bond donors (Lipinski definition) is 2. The van der Waals surface area contributed by atoms with Crippen LogP contribution in [0, 0.1) is 0 Å². The van der Waals surface area contributed by atoms with Crippen LogP contribution >= 0.6 is 11.6 Å². The summed E-state index contributed by atoms with van der Waals surface area (Å²) in [5.41, 5.74) is 0.0270. The van der Waals surface area contributed by atoms with Crippen molar-refractivity contribution in [3.8, 4) is 11.5 Å². The van der Waals surface area contributed by atoms with E-state index in [1.54, 1.807) is 0 Å². The minimum absolute atomic E-state index is 0.0270. The zero-order valence-electron chi connectivity index (χ0n) is 9.10. The Kier molecular flexibility index (Phi) is 3.58. The van der Waals surface area contributed by atoms with Crippen molar-refractivity contribution in [3.63, 3.8) is 0 Å². The largest absolute Gasteiger partial charge is 0.486 e. The van der Waals surface area contributed by atoms with Crippen LogP contribution in [0.2, 0.25) is 5.02 Å². The van der Waals surface area contributed by atoms with Crippen LogP contribution in [0.15, 0.2) is 12.1 Å². The number of fused-ring (bicyclic) bond motifs is 1. The van der Waals surface area contributed by atoms with Crippen molar-refractivity contribution in [2.24, 2.45) is 0 Å². The van der Waals surface area contributed by atoms with Gasteiger partial charge in [-0.15, -0.1) is 0 Å². The molecule has 98 valence electrons. The van der Waals surface area contributed by atoms with Crippen molar-refractivity contribution < 1.29 is 28.9 Å². The third-order valence-corrected chi connectivity index (χ3v) is 2.75. The highest BCUT2D eigenvalue weighted by molar-refractivity contribution is 6.32. The van der Waals surface area contributed by atoms with Crippen molar-refractivity contribution in [1.82, 2.24) is 0 Å². The number of hydrogen-bond acceptors (Lipinski definition) is 4.